The minimum Gasteiger partial charge on any atom is -0.396 e. The van der Waals surface area contributed by atoms with Gasteiger partial charge in [0.2, 0.25) is 0 Å². The number of aliphatic hydroxyl groups excluding tert-OH is 4. The molecule has 0 saturated heterocycles. The smallest absolute Gasteiger partial charge is 0.0782 e. The fourth-order valence-corrected chi connectivity index (χ4v) is 4.08. The van der Waals surface area contributed by atoms with Crippen molar-refractivity contribution in [2.75, 3.05) is 0 Å². The first-order chi connectivity index (χ1) is 10.8. The van der Waals surface area contributed by atoms with E-state index in [2.05, 4.69) is 39.3 Å². The van der Waals surface area contributed by atoms with Gasteiger partial charge in [0, 0.05) is 28.5 Å². The molecule has 0 aromatic carbocycles. The molecule has 159 valence electrons. The topological polar surface area (TPSA) is 80.9 Å². The van der Waals surface area contributed by atoms with Crippen molar-refractivity contribution in [3.05, 3.63) is 0 Å². The van der Waals surface area contributed by atoms with E-state index in [1.54, 1.807) is 0 Å². The zero-order chi connectivity index (χ0) is 19.6. The van der Waals surface area contributed by atoms with E-state index in [9.17, 15) is 20.4 Å². The van der Waals surface area contributed by atoms with Gasteiger partial charge in [-0.3, -0.25) is 0 Å². The molecule has 0 rings (SSSR count). The van der Waals surface area contributed by atoms with Crippen molar-refractivity contribution in [2.24, 2.45) is 0 Å². The first-order valence-electron chi connectivity index (χ1n) is 9.47. The van der Waals surface area contributed by atoms with E-state index < -0.39 is 16.1 Å². The van der Waals surface area contributed by atoms with Gasteiger partial charge in [-0.2, -0.15) is 0 Å². The van der Waals surface area contributed by atoms with Gasteiger partial charge in [0.25, 0.3) is 0 Å². The van der Waals surface area contributed by atoms with Gasteiger partial charge in [-0.1, -0.05) is 66.0 Å². The third-order valence-corrected chi connectivity index (χ3v) is 8.70. The maximum Gasteiger partial charge on any atom is 0.0782 e. The molecule has 4 atom stereocenters. The fraction of sp³-hybridized carbons (Fsp3) is 1.00. The van der Waals surface area contributed by atoms with Gasteiger partial charge >= 0.3 is 0 Å². The minimum atomic E-state index is -1.46. The van der Waals surface area contributed by atoms with Crippen LogP contribution in [0.15, 0.2) is 0 Å². The molecule has 0 aliphatic heterocycles. The second-order valence-corrected chi connectivity index (χ2v) is 19.9. The summed E-state index contributed by atoms with van der Waals surface area (Å²) in [6.45, 7) is 16.8. The summed E-state index contributed by atoms with van der Waals surface area (Å²) in [7, 11) is -2.91. The van der Waals surface area contributed by atoms with Crippen LogP contribution in [0.1, 0.15) is 52.4 Å². The molecule has 0 amide bonds. The number of rotatable bonds is 10. The van der Waals surface area contributed by atoms with Crippen molar-refractivity contribution in [2.45, 2.75) is 115 Å². The van der Waals surface area contributed by atoms with Crippen LogP contribution in [-0.4, -0.2) is 60.2 Å². The van der Waals surface area contributed by atoms with Crippen molar-refractivity contribution in [1.29, 1.82) is 0 Å². The summed E-state index contributed by atoms with van der Waals surface area (Å²) in [5.74, 6) is 0. The minimum absolute atomic E-state index is 0. The summed E-state index contributed by atoms with van der Waals surface area (Å²) in [6, 6.07) is 0. The van der Waals surface area contributed by atoms with Crippen LogP contribution in [0.3, 0.4) is 0 Å². The average Bonchev–Trinajstić information content (AvgIpc) is 2.37. The molecule has 0 bridgehead atoms. The summed E-state index contributed by atoms with van der Waals surface area (Å²) in [5.41, 5.74) is -0.530. The van der Waals surface area contributed by atoms with E-state index >= 15 is 0 Å². The summed E-state index contributed by atoms with van der Waals surface area (Å²) in [6.07, 6.45) is 4.09. The summed E-state index contributed by atoms with van der Waals surface area (Å²) in [5, 5.41) is 38.3. The van der Waals surface area contributed by atoms with Crippen LogP contribution < -0.4 is 0 Å². The third kappa shape index (κ3) is 17.9. The van der Waals surface area contributed by atoms with E-state index in [1.807, 2.05) is 13.8 Å². The second-order valence-electron chi connectivity index (χ2n) is 9.12. The molecule has 0 aromatic heterocycles. The van der Waals surface area contributed by atoms with Crippen LogP contribution in [0.4, 0.5) is 0 Å². The Bertz CT molecular complexity index is 276. The normalized spacial score (nSPS) is 16.8. The molecule has 4 nitrogen and oxygen atoms in total. The molecule has 4 unspecified atom stereocenters. The molecule has 25 heavy (non-hydrogen) atoms. The summed E-state index contributed by atoms with van der Waals surface area (Å²) in [4.78, 5) is 0. The number of hydrogen-bond acceptors (Lipinski definition) is 4. The van der Waals surface area contributed by atoms with Crippen molar-refractivity contribution in [3.63, 3.8) is 0 Å². The van der Waals surface area contributed by atoms with E-state index in [-0.39, 0.29) is 40.7 Å². The predicted molar refractivity (Wildman–Crippen MR) is 110 cm³/mol. The Labute approximate surface area is 168 Å². The van der Waals surface area contributed by atoms with Crippen molar-refractivity contribution in [3.8, 4) is 0 Å². The molecule has 0 aliphatic rings. The number of aliphatic hydroxyl groups is 4. The fourth-order valence-electron chi connectivity index (χ4n) is 2.12. The van der Waals surface area contributed by atoms with Crippen LogP contribution >= 0.6 is 0 Å². The van der Waals surface area contributed by atoms with E-state index in [1.165, 1.54) is 0 Å². The van der Waals surface area contributed by atoms with E-state index in [0.717, 1.165) is 25.7 Å². The molecular formula is C18H44CuO4Si2. The maximum atomic E-state index is 9.68. The molecule has 0 heterocycles. The first-order valence-corrected chi connectivity index (χ1v) is 16.6. The summed E-state index contributed by atoms with van der Waals surface area (Å²) >= 11 is 0. The van der Waals surface area contributed by atoms with Gasteiger partial charge in [-0.25, -0.2) is 0 Å². The molecule has 7 heteroatoms. The van der Waals surface area contributed by atoms with Crippen LogP contribution in [-0.2, 0) is 17.1 Å². The van der Waals surface area contributed by atoms with Crippen molar-refractivity contribution < 1.29 is 37.5 Å². The summed E-state index contributed by atoms with van der Waals surface area (Å²) < 4.78 is 0. The molecule has 0 fully saturated rings. The maximum absolute atomic E-state index is 9.68. The van der Waals surface area contributed by atoms with Gasteiger partial charge in [-0.05, 0) is 25.7 Å². The van der Waals surface area contributed by atoms with Crippen LogP contribution in [0.5, 0.6) is 0 Å². The monoisotopic (exact) mass is 443 g/mol. The standard InChI is InChI=1S/2C9H22O2Si.Cu/c2*1-5-6-8(10)7-9(11)12(2,3)4;/h2*8-11H,5-7H2,1-4H3;. The van der Waals surface area contributed by atoms with Gasteiger partial charge in [0.15, 0.2) is 0 Å². The van der Waals surface area contributed by atoms with Crippen molar-refractivity contribution >= 4 is 16.1 Å². The Hall–Kier alpha value is 0.793. The van der Waals surface area contributed by atoms with E-state index in [4.69, 9.17) is 0 Å². The number of hydrogen-bond donors (Lipinski definition) is 4. The molecular weight excluding hydrogens is 400 g/mol. The van der Waals surface area contributed by atoms with Gasteiger partial charge in [0.1, 0.15) is 0 Å². The molecule has 0 saturated carbocycles. The Morgan fingerprint density at radius 2 is 0.840 bits per heavy atom. The van der Waals surface area contributed by atoms with E-state index in [0.29, 0.717) is 12.8 Å². The van der Waals surface area contributed by atoms with Crippen LogP contribution in [0.2, 0.25) is 39.3 Å². The van der Waals surface area contributed by atoms with Crippen LogP contribution in [0.25, 0.3) is 0 Å². The molecule has 4 N–H and O–H groups in total. The quantitative estimate of drug-likeness (QED) is 0.389. The Morgan fingerprint density at radius 3 is 1.00 bits per heavy atom. The molecule has 0 aliphatic carbocycles. The molecule has 1 radical (unpaired) electrons. The largest absolute Gasteiger partial charge is 0.396 e. The predicted octanol–water partition coefficient (Wildman–Crippen LogP) is 3.55. The third-order valence-electron chi connectivity index (χ3n) is 4.23. The van der Waals surface area contributed by atoms with Crippen LogP contribution in [0, 0.1) is 0 Å². The molecule has 0 spiro atoms. The zero-order valence-corrected chi connectivity index (χ0v) is 20.6. The SMILES string of the molecule is CCCC(O)CC(O)[Si](C)(C)C.CCCC(O)CC(O)[Si](C)(C)C.[Cu]. The van der Waals surface area contributed by atoms with Gasteiger partial charge in [0.05, 0.1) is 28.4 Å². The van der Waals surface area contributed by atoms with Gasteiger partial charge < -0.3 is 20.4 Å². The Kier molecular flexibility index (Phi) is 18.1. The van der Waals surface area contributed by atoms with Gasteiger partial charge in [-0.15, -0.1) is 0 Å². The zero-order valence-electron chi connectivity index (χ0n) is 17.6. The van der Waals surface area contributed by atoms with Crippen molar-refractivity contribution in [1.82, 2.24) is 0 Å². The average molecular weight is 444 g/mol. The second kappa shape index (κ2) is 14.8. The Morgan fingerprint density at radius 1 is 0.600 bits per heavy atom. The first kappa shape index (κ1) is 30.5. The molecule has 0 aromatic rings. The Balaban J connectivity index is -0.000000372.